The summed E-state index contributed by atoms with van der Waals surface area (Å²) in [5.74, 6) is -2.23. The van der Waals surface area contributed by atoms with E-state index in [-0.39, 0.29) is 50.3 Å². The van der Waals surface area contributed by atoms with Gasteiger partial charge in [0.15, 0.2) is 5.78 Å². The van der Waals surface area contributed by atoms with Gasteiger partial charge in [-0.05, 0) is 30.5 Å². The molecule has 1 amide bonds. The largest absolute Gasteiger partial charge is 0.445 e. The Kier molecular flexibility index (Phi) is 6.64. The number of rotatable bonds is 6. The molecule has 2 heterocycles. The van der Waals surface area contributed by atoms with E-state index < -0.39 is 36.0 Å². The number of nitrogens with zero attached hydrogens (tertiary/aromatic N) is 1. The zero-order chi connectivity index (χ0) is 22.7. The van der Waals surface area contributed by atoms with Crippen molar-refractivity contribution in [3.05, 3.63) is 65.5 Å². The van der Waals surface area contributed by atoms with Gasteiger partial charge in [0, 0.05) is 12.0 Å². The molecule has 2 aliphatic heterocycles. The third-order valence-corrected chi connectivity index (χ3v) is 5.73. The topological polar surface area (TPSA) is 65.1 Å². The van der Waals surface area contributed by atoms with Crippen LogP contribution in [0.25, 0.3) is 0 Å². The maximum atomic E-state index is 13.5. The first-order valence-electron chi connectivity index (χ1n) is 10.3. The predicted molar refractivity (Wildman–Crippen MR) is 107 cm³/mol. The van der Waals surface area contributed by atoms with Crippen molar-refractivity contribution in [3.63, 3.8) is 0 Å². The lowest BCUT2D eigenvalue weighted by molar-refractivity contribution is -0.0757. The smallest absolute Gasteiger partial charge is 0.410 e. The molecule has 6 nitrogen and oxygen atoms in total. The van der Waals surface area contributed by atoms with E-state index in [0.29, 0.717) is 0 Å². The van der Waals surface area contributed by atoms with Crippen LogP contribution < -0.4 is 4.74 Å². The van der Waals surface area contributed by atoms with E-state index >= 15 is 0 Å². The second-order valence-electron chi connectivity index (χ2n) is 7.84. The number of morpholine rings is 1. The zero-order valence-corrected chi connectivity index (χ0v) is 17.1. The van der Waals surface area contributed by atoms with Crippen molar-refractivity contribution >= 4 is 11.9 Å². The van der Waals surface area contributed by atoms with Gasteiger partial charge in [0.1, 0.15) is 18.2 Å². The fraction of sp³-hybridized carbons (Fsp3) is 0.391. The summed E-state index contributed by atoms with van der Waals surface area (Å²) in [5.41, 5.74) is 0.756. The minimum absolute atomic E-state index is 0.101. The normalized spacial score (nSPS) is 22.5. The van der Waals surface area contributed by atoms with Gasteiger partial charge in [-0.1, -0.05) is 30.3 Å². The minimum atomic E-state index is -3.18. The highest BCUT2D eigenvalue weighted by Crippen LogP contribution is 2.36. The number of amides is 1. The van der Waals surface area contributed by atoms with Gasteiger partial charge in [0.25, 0.3) is 0 Å². The highest BCUT2D eigenvalue weighted by Gasteiger charge is 2.45. The molecule has 0 radical (unpaired) electrons. The van der Waals surface area contributed by atoms with Crippen molar-refractivity contribution in [2.75, 3.05) is 13.2 Å². The lowest BCUT2D eigenvalue weighted by atomic mass is 9.80. The SMILES string of the molecule is O=C(c1ccc(F)cc1OC(F)F)C1CC2COCC(C1)N2C(=O)OCc1ccccc1. The first-order valence-corrected chi connectivity index (χ1v) is 10.3. The highest BCUT2D eigenvalue weighted by atomic mass is 19.3. The summed E-state index contributed by atoms with van der Waals surface area (Å²) in [6.45, 7) is -2.57. The van der Waals surface area contributed by atoms with Crippen LogP contribution in [0, 0.1) is 11.7 Å². The molecule has 4 rings (SSSR count). The average molecular weight is 449 g/mol. The molecule has 0 aliphatic carbocycles. The summed E-state index contributed by atoms with van der Waals surface area (Å²) in [6, 6.07) is 11.5. The van der Waals surface area contributed by atoms with E-state index in [1.54, 1.807) is 4.90 Å². The van der Waals surface area contributed by atoms with Gasteiger partial charge < -0.3 is 14.2 Å². The Morgan fingerprint density at radius 3 is 2.41 bits per heavy atom. The van der Waals surface area contributed by atoms with Gasteiger partial charge in [-0.2, -0.15) is 8.78 Å². The summed E-state index contributed by atoms with van der Waals surface area (Å²) >= 11 is 0. The van der Waals surface area contributed by atoms with Gasteiger partial charge in [-0.15, -0.1) is 0 Å². The van der Waals surface area contributed by atoms with Crippen molar-refractivity contribution < 1.29 is 37.0 Å². The van der Waals surface area contributed by atoms with Gasteiger partial charge in [-0.3, -0.25) is 9.69 Å². The van der Waals surface area contributed by atoms with Gasteiger partial charge in [0.05, 0.1) is 30.9 Å². The first kappa shape index (κ1) is 22.1. The quantitative estimate of drug-likeness (QED) is 0.611. The molecule has 2 aromatic carbocycles. The van der Waals surface area contributed by atoms with Crippen LogP contribution in [0.5, 0.6) is 5.75 Å². The number of halogens is 3. The number of carbonyl (C=O) groups is 2. The maximum absolute atomic E-state index is 13.5. The summed E-state index contributed by atoms with van der Waals surface area (Å²) in [7, 11) is 0. The standard InChI is InChI=1S/C23H22F3NO5/c24-16-6-7-19(20(10-16)32-22(25)26)21(28)15-8-17-12-30-13-18(9-15)27(17)23(29)31-11-14-4-2-1-3-5-14/h1-7,10,15,17-18,22H,8-9,11-13H2. The summed E-state index contributed by atoms with van der Waals surface area (Å²) in [6.07, 6.45) is 0.0734. The Labute approximate surface area is 182 Å². The Hall–Kier alpha value is -3.07. The molecule has 0 N–H and O–H groups in total. The second-order valence-corrected chi connectivity index (χ2v) is 7.84. The van der Waals surface area contributed by atoms with E-state index in [1.807, 2.05) is 30.3 Å². The molecule has 2 aliphatic rings. The third kappa shape index (κ3) is 4.88. The molecule has 2 aromatic rings. The number of hydrogen-bond donors (Lipinski definition) is 0. The zero-order valence-electron chi connectivity index (χ0n) is 17.1. The number of alkyl halides is 2. The number of fused-ring (bicyclic) bond motifs is 2. The first-order chi connectivity index (χ1) is 15.4. The number of benzene rings is 2. The van der Waals surface area contributed by atoms with Crippen LogP contribution in [-0.4, -0.2) is 48.7 Å². The summed E-state index contributed by atoms with van der Waals surface area (Å²) in [5, 5.41) is 0. The van der Waals surface area contributed by atoms with Crippen molar-refractivity contribution in [1.82, 2.24) is 4.90 Å². The molecule has 0 aromatic heterocycles. The van der Waals surface area contributed by atoms with Crippen LogP contribution in [0.4, 0.5) is 18.0 Å². The van der Waals surface area contributed by atoms with E-state index in [2.05, 4.69) is 4.74 Å². The van der Waals surface area contributed by atoms with Crippen LogP contribution in [0.1, 0.15) is 28.8 Å². The fourth-order valence-electron chi connectivity index (χ4n) is 4.33. The van der Waals surface area contributed by atoms with Gasteiger partial charge >= 0.3 is 12.7 Å². The van der Waals surface area contributed by atoms with E-state index in [0.717, 1.165) is 23.8 Å². The highest BCUT2D eigenvalue weighted by molar-refractivity contribution is 6.00. The number of Topliss-reactive ketones (excluding diaryl/α,β-unsaturated/α-hetero) is 1. The number of ketones is 1. The second kappa shape index (κ2) is 9.60. The number of carbonyl (C=O) groups excluding carboxylic acids is 2. The van der Waals surface area contributed by atoms with E-state index in [1.165, 1.54) is 0 Å². The average Bonchev–Trinajstić information content (AvgIpc) is 2.76. The monoisotopic (exact) mass is 449 g/mol. The van der Waals surface area contributed by atoms with E-state index in [9.17, 15) is 22.8 Å². The van der Waals surface area contributed by atoms with Crippen molar-refractivity contribution in [2.45, 2.75) is 38.1 Å². The molecular weight excluding hydrogens is 427 g/mol. The lowest BCUT2D eigenvalue weighted by Gasteiger charge is -2.47. The van der Waals surface area contributed by atoms with Crippen molar-refractivity contribution in [1.29, 1.82) is 0 Å². The van der Waals surface area contributed by atoms with Crippen molar-refractivity contribution in [3.8, 4) is 5.75 Å². The molecule has 2 atom stereocenters. The molecule has 9 heteroatoms. The van der Waals surface area contributed by atoms with Crippen LogP contribution in [-0.2, 0) is 16.1 Å². The van der Waals surface area contributed by atoms with Crippen LogP contribution >= 0.6 is 0 Å². The molecule has 2 saturated heterocycles. The molecule has 170 valence electrons. The third-order valence-electron chi connectivity index (χ3n) is 5.73. The van der Waals surface area contributed by atoms with Gasteiger partial charge in [-0.25, -0.2) is 9.18 Å². The van der Waals surface area contributed by atoms with E-state index in [4.69, 9.17) is 9.47 Å². The molecule has 2 fully saturated rings. The predicted octanol–water partition coefficient (Wildman–Crippen LogP) is 4.43. The fourth-order valence-corrected chi connectivity index (χ4v) is 4.33. The molecule has 2 bridgehead atoms. The lowest BCUT2D eigenvalue weighted by Crippen LogP contribution is -2.59. The Bertz CT molecular complexity index is 957. The molecule has 32 heavy (non-hydrogen) atoms. The van der Waals surface area contributed by atoms with Crippen LogP contribution in [0.15, 0.2) is 48.5 Å². The Morgan fingerprint density at radius 2 is 1.75 bits per heavy atom. The maximum Gasteiger partial charge on any atom is 0.410 e. The summed E-state index contributed by atoms with van der Waals surface area (Å²) < 4.78 is 54.4. The van der Waals surface area contributed by atoms with Gasteiger partial charge in [0.2, 0.25) is 0 Å². The Morgan fingerprint density at radius 1 is 1.06 bits per heavy atom. The van der Waals surface area contributed by atoms with Crippen molar-refractivity contribution in [2.24, 2.45) is 5.92 Å². The molecule has 2 unspecified atom stereocenters. The molecule has 0 spiro atoms. The minimum Gasteiger partial charge on any atom is -0.445 e. The summed E-state index contributed by atoms with van der Waals surface area (Å²) in [4.78, 5) is 27.5. The van der Waals surface area contributed by atoms with Crippen LogP contribution in [0.3, 0.4) is 0 Å². The molecule has 0 saturated carbocycles. The number of piperidine rings is 1. The molecular formula is C23H22F3NO5. The Balaban J connectivity index is 1.46. The van der Waals surface area contributed by atoms with Crippen LogP contribution in [0.2, 0.25) is 0 Å². The number of ether oxygens (including phenoxy) is 3. The number of hydrogen-bond acceptors (Lipinski definition) is 5.